The van der Waals surface area contributed by atoms with Crippen LogP contribution in [0.3, 0.4) is 0 Å². The normalized spacial score (nSPS) is 15.1. The molecule has 1 aliphatic rings. The van der Waals surface area contributed by atoms with Gasteiger partial charge in [-0.15, -0.1) is 0 Å². The van der Waals surface area contributed by atoms with Crippen LogP contribution in [0.5, 0.6) is 0 Å². The van der Waals surface area contributed by atoms with Crippen molar-refractivity contribution in [2.45, 2.75) is 31.2 Å². The molecule has 1 amide bonds. The van der Waals surface area contributed by atoms with Gasteiger partial charge in [0, 0.05) is 28.7 Å². The number of carbonyl (C=O) groups is 1. The Bertz CT molecular complexity index is 1310. The Morgan fingerprint density at radius 2 is 1.71 bits per heavy atom. The summed E-state index contributed by atoms with van der Waals surface area (Å²) in [5.41, 5.74) is 2.24. The minimum Gasteiger partial charge on any atom is -0.326 e. The summed E-state index contributed by atoms with van der Waals surface area (Å²) in [6.45, 7) is 3.68. The van der Waals surface area contributed by atoms with Crippen LogP contribution in [0.2, 0.25) is 5.02 Å². The van der Waals surface area contributed by atoms with Crippen LogP contribution in [0, 0.1) is 18.7 Å². The topological polar surface area (TPSA) is 78.5 Å². The number of nitrogens with zero attached hydrogens (tertiary/aromatic N) is 1. The zero-order chi connectivity index (χ0) is 25.0. The number of benzene rings is 3. The molecule has 0 aliphatic carbocycles. The van der Waals surface area contributed by atoms with E-state index in [1.165, 1.54) is 18.2 Å². The van der Waals surface area contributed by atoms with Crippen molar-refractivity contribution < 1.29 is 17.6 Å². The molecule has 0 atom stereocenters. The fourth-order valence-corrected chi connectivity index (χ4v) is 5.40. The smallest absolute Gasteiger partial charge is 0.261 e. The number of sulfonamides is 1. The van der Waals surface area contributed by atoms with E-state index in [2.05, 4.69) is 14.9 Å². The first kappa shape index (κ1) is 25.2. The lowest BCUT2D eigenvalue weighted by molar-refractivity contribution is -0.121. The van der Waals surface area contributed by atoms with E-state index in [9.17, 15) is 17.6 Å². The highest BCUT2D eigenvalue weighted by Gasteiger charge is 2.25. The average Bonchev–Trinajstić information content (AvgIpc) is 2.84. The van der Waals surface area contributed by atoms with E-state index in [1.807, 2.05) is 6.07 Å². The van der Waals surface area contributed by atoms with Gasteiger partial charge in [0.15, 0.2) is 0 Å². The summed E-state index contributed by atoms with van der Waals surface area (Å²) >= 11 is 6.08. The number of hydrogen-bond acceptors (Lipinski definition) is 4. The Hall–Kier alpha value is -2.94. The number of anilines is 2. The third-order valence-corrected chi connectivity index (χ3v) is 8.05. The Morgan fingerprint density at radius 3 is 2.40 bits per heavy atom. The largest absolute Gasteiger partial charge is 0.326 e. The molecule has 1 aliphatic heterocycles. The molecule has 1 fully saturated rings. The van der Waals surface area contributed by atoms with Gasteiger partial charge in [0.2, 0.25) is 5.91 Å². The molecule has 184 valence electrons. The van der Waals surface area contributed by atoms with Crippen molar-refractivity contribution in [2.75, 3.05) is 23.1 Å². The maximum absolute atomic E-state index is 13.9. The second-order valence-corrected chi connectivity index (χ2v) is 10.8. The first-order chi connectivity index (χ1) is 16.7. The number of nitrogens with one attached hydrogen (secondary N) is 2. The Balaban J connectivity index is 1.32. The highest BCUT2D eigenvalue weighted by molar-refractivity contribution is 7.92. The van der Waals surface area contributed by atoms with E-state index < -0.39 is 10.0 Å². The summed E-state index contributed by atoms with van der Waals surface area (Å²) in [5.74, 6) is -0.461. The molecule has 0 bridgehead atoms. The average molecular weight is 516 g/mol. The molecule has 0 radical (unpaired) electrons. The van der Waals surface area contributed by atoms with Gasteiger partial charge >= 0.3 is 0 Å². The van der Waals surface area contributed by atoms with Crippen LogP contribution in [0.25, 0.3) is 0 Å². The van der Waals surface area contributed by atoms with Crippen LogP contribution in [0.1, 0.15) is 24.0 Å². The van der Waals surface area contributed by atoms with Crippen LogP contribution in [0.15, 0.2) is 71.6 Å². The number of halogens is 2. The van der Waals surface area contributed by atoms with Crippen LogP contribution >= 0.6 is 11.6 Å². The first-order valence-electron chi connectivity index (χ1n) is 11.4. The Morgan fingerprint density at radius 1 is 1.03 bits per heavy atom. The van der Waals surface area contributed by atoms with Gasteiger partial charge in [-0.1, -0.05) is 35.9 Å². The standard InChI is InChI=1S/C26H27ClFN3O3S/c1-18-23(27)6-4-8-25(18)30-35(33,34)22-11-9-21(10-12-22)29-26(32)19-13-15-31(16-14-19)17-20-5-2-3-7-24(20)28/h2-12,19,30H,13-17H2,1H3,(H,29,32). The second kappa shape index (κ2) is 10.8. The number of rotatable bonds is 7. The summed E-state index contributed by atoms with van der Waals surface area (Å²) in [5, 5.41) is 3.35. The summed E-state index contributed by atoms with van der Waals surface area (Å²) < 4.78 is 42.0. The van der Waals surface area contributed by atoms with Gasteiger partial charge < -0.3 is 5.32 Å². The third kappa shape index (κ3) is 6.20. The number of carbonyl (C=O) groups excluding carboxylic acids is 1. The number of likely N-dealkylation sites (tertiary alicyclic amines) is 1. The molecule has 0 spiro atoms. The molecule has 0 saturated carbocycles. The highest BCUT2D eigenvalue weighted by atomic mass is 35.5. The van der Waals surface area contributed by atoms with Crippen molar-refractivity contribution in [3.63, 3.8) is 0 Å². The molecule has 3 aromatic rings. The summed E-state index contributed by atoms with van der Waals surface area (Å²) in [4.78, 5) is 15.0. The molecular weight excluding hydrogens is 489 g/mol. The molecule has 2 N–H and O–H groups in total. The van der Waals surface area contributed by atoms with Gasteiger partial charge in [-0.2, -0.15) is 0 Å². The van der Waals surface area contributed by atoms with E-state index >= 15 is 0 Å². The van der Waals surface area contributed by atoms with Crippen LogP contribution in [-0.2, 0) is 21.4 Å². The quantitative estimate of drug-likeness (QED) is 0.439. The summed E-state index contributed by atoms with van der Waals surface area (Å²) in [7, 11) is -3.81. The molecule has 0 unspecified atom stereocenters. The minimum absolute atomic E-state index is 0.0799. The van der Waals surface area contributed by atoms with Crippen molar-refractivity contribution in [3.8, 4) is 0 Å². The highest BCUT2D eigenvalue weighted by Crippen LogP contribution is 2.26. The van der Waals surface area contributed by atoms with E-state index in [-0.39, 0.29) is 22.5 Å². The molecule has 9 heteroatoms. The van der Waals surface area contributed by atoms with Crippen molar-refractivity contribution >= 4 is 38.9 Å². The van der Waals surface area contributed by atoms with Gasteiger partial charge in [0.1, 0.15) is 5.82 Å². The Kier molecular flexibility index (Phi) is 7.74. The van der Waals surface area contributed by atoms with Crippen LogP contribution in [-0.4, -0.2) is 32.3 Å². The molecular formula is C26H27ClFN3O3S. The maximum Gasteiger partial charge on any atom is 0.261 e. The Labute approximate surface area is 210 Å². The molecule has 35 heavy (non-hydrogen) atoms. The first-order valence-corrected chi connectivity index (χ1v) is 13.2. The van der Waals surface area contributed by atoms with E-state index in [0.29, 0.717) is 60.0 Å². The molecule has 4 rings (SSSR count). The molecule has 1 heterocycles. The van der Waals surface area contributed by atoms with Gasteiger partial charge in [0.05, 0.1) is 10.6 Å². The van der Waals surface area contributed by atoms with Gasteiger partial charge in [-0.05, 0) is 80.9 Å². The molecule has 6 nitrogen and oxygen atoms in total. The lowest BCUT2D eigenvalue weighted by atomic mass is 9.95. The number of hydrogen-bond donors (Lipinski definition) is 2. The van der Waals surface area contributed by atoms with Gasteiger partial charge in [0.25, 0.3) is 10.0 Å². The van der Waals surface area contributed by atoms with Gasteiger partial charge in [-0.3, -0.25) is 14.4 Å². The lowest BCUT2D eigenvalue weighted by Gasteiger charge is -2.31. The number of piperidine rings is 1. The van der Waals surface area contributed by atoms with E-state index in [1.54, 1.807) is 49.4 Å². The van der Waals surface area contributed by atoms with Crippen LogP contribution in [0.4, 0.5) is 15.8 Å². The van der Waals surface area contributed by atoms with Crippen molar-refractivity contribution in [3.05, 3.63) is 88.7 Å². The van der Waals surface area contributed by atoms with E-state index in [0.717, 1.165) is 0 Å². The summed E-state index contributed by atoms with van der Waals surface area (Å²) in [6, 6.07) is 17.8. The fraction of sp³-hybridized carbons (Fsp3) is 0.269. The molecule has 0 aromatic heterocycles. The van der Waals surface area contributed by atoms with Crippen molar-refractivity contribution in [2.24, 2.45) is 5.92 Å². The predicted octanol–water partition coefficient (Wildman–Crippen LogP) is 5.44. The SMILES string of the molecule is Cc1c(Cl)cccc1NS(=O)(=O)c1ccc(NC(=O)C2CCN(Cc3ccccc3F)CC2)cc1. The van der Waals surface area contributed by atoms with E-state index in [4.69, 9.17) is 11.6 Å². The molecule has 1 saturated heterocycles. The zero-order valence-electron chi connectivity index (χ0n) is 19.3. The van der Waals surface area contributed by atoms with Crippen molar-refractivity contribution in [1.82, 2.24) is 4.90 Å². The fourth-order valence-electron chi connectivity index (χ4n) is 4.10. The van der Waals surface area contributed by atoms with Crippen molar-refractivity contribution in [1.29, 1.82) is 0 Å². The summed E-state index contributed by atoms with van der Waals surface area (Å²) in [6.07, 6.45) is 1.35. The zero-order valence-corrected chi connectivity index (χ0v) is 20.9. The predicted molar refractivity (Wildman–Crippen MR) is 136 cm³/mol. The monoisotopic (exact) mass is 515 g/mol. The number of amides is 1. The van der Waals surface area contributed by atoms with Crippen LogP contribution < -0.4 is 10.0 Å². The second-order valence-electron chi connectivity index (χ2n) is 8.67. The maximum atomic E-state index is 13.9. The molecule has 3 aromatic carbocycles. The minimum atomic E-state index is -3.81. The van der Waals surface area contributed by atoms with Gasteiger partial charge in [-0.25, -0.2) is 12.8 Å². The third-order valence-electron chi connectivity index (χ3n) is 6.25. The lowest BCUT2D eigenvalue weighted by Crippen LogP contribution is -2.37.